The lowest BCUT2D eigenvalue weighted by atomic mass is 10.1. The van der Waals surface area contributed by atoms with Gasteiger partial charge in [-0.3, -0.25) is 4.79 Å². The number of thioether (sulfide) groups is 1. The second-order valence-corrected chi connectivity index (χ2v) is 8.11. The van der Waals surface area contributed by atoms with E-state index in [2.05, 4.69) is 20.8 Å². The molecular formula is C24H23N5O4S. The molecule has 4 aromatic rings. The van der Waals surface area contributed by atoms with Crippen LogP contribution in [-0.4, -0.2) is 47.4 Å². The summed E-state index contributed by atoms with van der Waals surface area (Å²) in [6.07, 6.45) is 0. The molecule has 3 aromatic carbocycles. The highest BCUT2D eigenvalue weighted by molar-refractivity contribution is 8.00. The summed E-state index contributed by atoms with van der Waals surface area (Å²) >= 11 is 1.23. The molecule has 174 valence electrons. The molecule has 34 heavy (non-hydrogen) atoms. The number of benzene rings is 3. The highest BCUT2D eigenvalue weighted by atomic mass is 32.2. The van der Waals surface area contributed by atoms with Crippen molar-refractivity contribution in [1.82, 2.24) is 20.2 Å². The van der Waals surface area contributed by atoms with Crippen LogP contribution in [0.3, 0.4) is 0 Å². The van der Waals surface area contributed by atoms with E-state index < -0.39 is 5.25 Å². The Kier molecular flexibility index (Phi) is 7.28. The molecule has 1 aromatic heterocycles. The molecule has 0 fully saturated rings. The number of anilines is 1. The van der Waals surface area contributed by atoms with Gasteiger partial charge in [0.2, 0.25) is 11.1 Å². The van der Waals surface area contributed by atoms with Crippen LogP contribution in [-0.2, 0) is 4.79 Å². The molecule has 0 aliphatic rings. The van der Waals surface area contributed by atoms with Crippen LogP contribution in [0.4, 0.5) is 5.69 Å². The van der Waals surface area contributed by atoms with Gasteiger partial charge in [-0.2, -0.15) is 4.68 Å². The van der Waals surface area contributed by atoms with Crippen molar-refractivity contribution in [2.75, 3.05) is 26.6 Å². The third kappa shape index (κ3) is 5.12. The lowest BCUT2D eigenvalue weighted by molar-refractivity contribution is -0.115. The standard InChI is InChI=1S/C24H23N5O4S/c1-31-18-11-9-17(10-12-18)25-23(30)22(16-7-5-4-6-8-16)34-24-26-27-28-29(24)20-15-19(32-2)13-14-21(20)33-3/h4-15,22H,1-3H3,(H,25,30). The van der Waals surface area contributed by atoms with E-state index in [0.717, 1.165) is 5.56 Å². The SMILES string of the molecule is COc1ccc(NC(=O)C(Sc2nnnn2-c2cc(OC)ccc2OC)c2ccccc2)cc1. The molecule has 1 unspecified atom stereocenters. The number of hydrogen-bond acceptors (Lipinski definition) is 8. The van der Waals surface area contributed by atoms with Crippen LogP contribution in [0.25, 0.3) is 5.69 Å². The summed E-state index contributed by atoms with van der Waals surface area (Å²) in [5, 5.41) is 14.9. The molecule has 1 amide bonds. The van der Waals surface area contributed by atoms with Gasteiger partial charge in [-0.05, 0) is 52.4 Å². The lowest BCUT2D eigenvalue weighted by Gasteiger charge is -2.17. The summed E-state index contributed by atoms with van der Waals surface area (Å²) in [4.78, 5) is 13.4. The first-order chi connectivity index (χ1) is 16.6. The number of carbonyl (C=O) groups excluding carboxylic acids is 1. The van der Waals surface area contributed by atoms with Crippen LogP contribution in [0.2, 0.25) is 0 Å². The zero-order valence-electron chi connectivity index (χ0n) is 18.8. The average molecular weight is 478 g/mol. The van der Waals surface area contributed by atoms with Crippen molar-refractivity contribution in [3.63, 3.8) is 0 Å². The average Bonchev–Trinajstić information content (AvgIpc) is 3.36. The summed E-state index contributed by atoms with van der Waals surface area (Å²) in [6, 6.07) is 21.9. The molecule has 0 saturated heterocycles. The zero-order chi connectivity index (χ0) is 23.9. The lowest BCUT2D eigenvalue weighted by Crippen LogP contribution is -2.19. The van der Waals surface area contributed by atoms with Crippen LogP contribution in [0.5, 0.6) is 17.2 Å². The number of tetrazole rings is 1. The molecule has 0 saturated carbocycles. The first-order valence-electron chi connectivity index (χ1n) is 10.3. The molecule has 1 heterocycles. The summed E-state index contributed by atoms with van der Waals surface area (Å²) < 4.78 is 17.6. The minimum atomic E-state index is -0.621. The monoisotopic (exact) mass is 477 g/mol. The van der Waals surface area contributed by atoms with Gasteiger partial charge in [-0.15, -0.1) is 5.10 Å². The summed E-state index contributed by atoms with van der Waals surface area (Å²) in [7, 11) is 4.74. The number of hydrogen-bond donors (Lipinski definition) is 1. The smallest absolute Gasteiger partial charge is 0.242 e. The molecule has 0 aliphatic heterocycles. The zero-order valence-corrected chi connectivity index (χ0v) is 19.7. The molecule has 0 bridgehead atoms. The molecule has 10 heteroatoms. The van der Waals surface area contributed by atoms with Gasteiger partial charge >= 0.3 is 0 Å². The molecule has 0 radical (unpaired) electrons. The molecule has 1 atom stereocenters. The maximum absolute atomic E-state index is 13.4. The summed E-state index contributed by atoms with van der Waals surface area (Å²) in [5.74, 6) is 1.68. The first kappa shape index (κ1) is 23.1. The fourth-order valence-corrected chi connectivity index (χ4v) is 4.24. The van der Waals surface area contributed by atoms with E-state index in [0.29, 0.717) is 33.8 Å². The number of ether oxygens (including phenoxy) is 3. The van der Waals surface area contributed by atoms with E-state index in [1.54, 1.807) is 63.8 Å². The van der Waals surface area contributed by atoms with Gasteiger partial charge in [-0.1, -0.05) is 42.1 Å². The molecule has 0 aliphatic carbocycles. The van der Waals surface area contributed by atoms with E-state index in [1.807, 2.05) is 30.3 Å². The van der Waals surface area contributed by atoms with Crippen molar-refractivity contribution in [1.29, 1.82) is 0 Å². The van der Waals surface area contributed by atoms with Crippen LogP contribution < -0.4 is 19.5 Å². The predicted molar refractivity (Wildman–Crippen MR) is 129 cm³/mol. The van der Waals surface area contributed by atoms with E-state index in [-0.39, 0.29) is 5.91 Å². The second kappa shape index (κ2) is 10.7. The van der Waals surface area contributed by atoms with Gasteiger partial charge in [0.1, 0.15) is 28.2 Å². The molecular weight excluding hydrogens is 454 g/mol. The van der Waals surface area contributed by atoms with E-state index in [9.17, 15) is 4.79 Å². The predicted octanol–water partition coefficient (Wildman–Crippen LogP) is 4.16. The van der Waals surface area contributed by atoms with Crippen molar-refractivity contribution in [3.05, 3.63) is 78.4 Å². The van der Waals surface area contributed by atoms with Gasteiger partial charge in [-0.25, -0.2) is 0 Å². The van der Waals surface area contributed by atoms with Crippen LogP contribution in [0.1, 0.15) is 10.8 Å². The highest BCUT2D eigenvalue weighted by Crippen LogP contribution is 2.37. The Balaban J connectivity index is 1.66. The molecule has 1 N–H and O–H groups in total. The van der Waals surface area contributed by atoms with Crippen molar-refractivity contribution in [2.45, 2.75) is 10.4 Å². The second-order valence-electron chi connectivity index (χ2n) is 7.04. The van der Waals surface area contributed by atoms with E-state index in [4.69, 9.17) is 14.2 Å². The molecule has 4 rings (SSSR count). The van der Waals surface area contributed by atoms with Gasteiger partial charge in [0.15, 0.2) is 0 Å². The number of carbonyl (C=O) groups is 1. The third-order valence-corrected chi connectivity index (χ3v) is 6.16. The quantitative estimate of drug-likeness (QED) is 0.359. The molecule has 9 nitrogen and oxygen atoms in total. The van der Waals surface area contributed by atoms with E-state index in [1.165, 1.54) is 16.4 Å². The number of amides is 1. The summed E-state index contributed by atoms with van der Waals surface area (Å²) in [6.45, 7) is 0. The van der Waals surface area contributed by atoms with Crippen molar-refractivity contribution in [2.24, 2.45) is 0 Å². The number of rotatable bonds is 9. The Hall–Kier alpha value is -4.05. The van der Waals surface area contributed by atoms with Crippen LogP contribution in [0.15, 0.2) is 78.0 Å². The third-order valence-electron chi connectivity index (χ3n) is 4.98. The van der Waals surface area contributed by atoms with Gasteiger partial charge in [0.25, 0.3) is 0 Å². The summed E-state index contributed by atoms with van der Waals surface area (Å²) in [5.41, 5.74) is 2.06. The number of nitrogens with one attached hydrogen (secondary N) is 1. The first-order valence-corrected chi connectivity index (χ1v) is 11.2. The highest BCUT2D eigenvalue weighted by Gasteiger charge is 2.26. The maximum atomic E-state index is 13.4. The Morgan fingerprint density at radius 3 is 2.29 bits per heavy atom. The number of aromatic nitrogens is 4. The van der Waals surface area contributed by atoms with Gasteiger partial charge in [0, 0.05) is 11.8 Å². The van der Waals surface area contributed by atoms with Gasteiger partial charge < -0.3 is 19.5 Å². The topological polar surface area (TPSA) is 100 Å². The van der Waals surface area contributed by atoms with Crippen molar-refractivity contribution in [3.8, 4) is 22.9 Å². The normalized spacial score (nSPS) is 11.5. The number of methoxy groups -OCH3 is 3. The maximum Gasteiger partial charge on any atom is 0.242 e. The van der Waals surface area contributed by atoms with E-state index >= 15 is 0 Å². The van der Waals surface area contributed by atoms with Crippen LogP contribution >= 0.6 is 11.8 Å². The Morgan fingerprint density at radius 2 is 1.62 bits per heavy atom. The van der Waals surface area contributed by atoms with Crippen molar-refractivity contribution >= 4 is 23.4 Å². The van der Waals surface area contributed by atoms with Gasteiger partial charge in [0.05, 0.1) is 21.3 Å². The minimum Gasteiger partial charge on any atom is -0.497 e. The Labute approximate surface area is 201 Å². The van der Waals surface area contributed by atoms with Crippen molar-refractivity contribution < 1.29 is 19.0 Å². The fraction of sp³-hybridized carbons (Fsp3) is 0.167. The molecule has 0 spiro atoms. The number of nitrogens with zero attached hydrogens (tertiary/aromatic N) is 4. The largest absolute Gasteiger partial charge is 0.497 e. The Morgan fingerprint density at radius 1 is 0.912 bits per heavy atom. The Bertz CT molecular complexity index is 1250. The minimum absolute atomic E-state index is 0.214. The van der Waals surface area contributed by atoms with Crippen LogP contribution in [0, 0.1) is 0 Å². The fourth-order valence-electron chi connectivity index (χ4n) is 3.25.